The molecule has 0 saturated heterocycles. The van der Waals surface area contributed by atoms with E-state index < -0.39 is 0 Å². The molecule has 8 aromatic carbocycles. The van der Waals surface area contributed by atoms with Crippen LogP contribution >= 0.6 is 0 Å². The maximum Gasteiger partial charge on any atom is 0.268 e. The first-order chi connectivity index (χ1) is 27.1. The number of fused-ring (bicyclic) bond motifs is 7. The van der Waals surface area contributed by atoms with Crippen molar-refractivity contribution in [2.45, 2.75) is 0 Å². The van der Waals surface area contributed by atoms with E-state index in [9.17, 15) is 9.59 Å². The molecule has 5 nitrogen and oxygen atoms in total. The van der Waals surface area contributed by atoms with E-state index in [0.29, 0.717) is 22.5 Å². The molecule has 1 aliphatic rings. The number of nitrogens with zero attached hydrogens (tertiary/aromatic N) is 3. The van der Waals surface area contributed by atoms with Crippen molar-refractivity contribution in [3.05, 3.63) is 199 Å². The number of rotatable bonds is 5. The number of hydrogen-bond donors (Lipinski definition) is 0. The highest BCUT2D eigenvalue weighted by Gasteiger charge is 2.39. The van der Waals surface area contributed by atoms with Crippen LogP contribution in [0.3, 0.4) is 0 Å². The molecule has 0 N–H and O–H groups in total. The fourth-order valence-electron chi connectivity index (χ4n) is 8.58. The van der Waals surface area contributed by atoms with Crippen LogP contribution in [0, 0.1) is 0 Å². The van der Waals surface area contributed by atoms with Crippen LogP contribution in [-0.2, 0) is 0 Å². The zero-order chi connectivity index (χ0) is 36.6. The SMILES string of the molecule is O=C1c2cccc(-n3c4ccccc4c4cc(-n5c6ccccc6c6ccccc65)ccc43)c2C(=O)N1c1cc(-c2ccccc2)cc(-c2ccccc2)c1. The number of hydrogen-bond acceptors (Lipinski definition) is 2. The molecular weight excluding hydrogens is 675 g/mol. The maximum atomic E-state index is 14.8. The van der Waals surface area contributed by atoms with Crippen molar-refractivity contribution in [2.24, 2.45) is 0 Å². The fraction of sp³-hybridized carbons (Fsp3) is 0. The third-order valence-corrected chi connectivity index (χ3v) is 11.0. The number of para-hydroxylation sites is 3. The van der Waals surface area contributed by atoms with Gasteiger partial charge in [-0.25, -0.2) is 4.90 Å². The molecule has 2 aromatic heterocycles. The second-order valence-electron chi connectivity index (χ2n) is 14.1. The number of anilines is 1. The molecule has 11 rings (SSSR count). The second kappa shape index (κ2) is 12.0. The Labute approximate surface area is 316 Å². The monoisotopic (exact) mass is 705 g/mol. The van der Waals surface area contributed by atoms with Gasteiger partial charge in [0.05, 0.1) is 44.6 Å². The lowest BCUT2D eigenvalue weighted by Gasteiger charge is -2.18. The summed E-state index contributed by atoms with van der Waals surface area (Å²) in [5, 5.41) is 4.54. The average Bonchev–Trinajstić information content (AvgIpc) is 3.85. The average molecular weight is 706 g/mol. The first kappa shape index (κ1) is 31.1. The zero-order valence-electron chi connectivity index (χ0n) is 29.6. The van der Waals surface area contributed by atoms with Crippen LogP contribution in [-0.4, -0.2) is 20.9 Å². The normalized spacial score (nSPS) is 12.8. The van der Waals surface area contributed by atoms with Gasteiger partial charge in [0, 0.05) is 27.2 Å². The Morgan fingerprint density at radius 3 is 1.44 bits per heavy atom. The van der Waals surface area contributed by atoms with Crippen molar-refractivity contribution >= 4 is 61.1 Å². The largest absolute Gasteiger partial charge is 0.309 e. The molecule has 0 saturated carbocycles. The van der Waals surface area contributed by atoms with Crippen molar-refractivity contribution < 1.29 is 9.59 Å². The summed E-state index contributed by atoms with van der Waals surface area (Å²) >= 11 is 0. The van der Waals surface area contributed by atoms with Crippen LogP contribution in [0.2, 0.25) is 0 Å². The summed E-state index contributed by atoms with van der Waals surface area (Å²) in [6.45, 7) is 0. The quantitative estimate of drug-likeness (QED) is 0.167. The minimum atomic E-state index is -0.340. The molecular formula is C50H31N3O2. The Morgan fingerprint density at radius 1 is 0.327 bits per heavy atom. The van der Waals surface area contributed by atoms with Crippen LogP contribution in [0.25, 0.3) is 77.2 Å². The predicted molar refractivity (Wildman–Crippen MR) is 224 cm³/mol. The molecule has 0 fully saturated rings. The summed E-state index contributed by atoms with van der Waals surface area (Å²) in [7, 11) is 0. The Morgan fingerprint density at radius 2 is 0.836 bits per heavy atom. The summed E-state index contributed by atoms with van der Waals surface area (Å²) in [6.07, 6.45) is 0. The lowest BCUT2D eigenvalue weighted by molar-refractivity contribution is 0.0926. The predicted octanol–water partition coefficient (Wildman–Crippen LogP) is 12.0. The summed E-state index contributed by atoms with van der Waals surface area (Å²) < 4.78 is 4.47. The van der Waals surface area contributed by atoms with Crippen LogP contribution < -0.4 is 4.90 Å². The van der Waals surface area contributed by atoms with Crippen LogP contribution in [0.5, 0.6) is 0 Å². The lowest BCUT2D eigenvalue weighted by Crippen LogP contribution is -2.29. The molecule has 3 heterocycles. The van der Waals surface area contributed by atoms with Gasteiger partial charge in [-0.3, -0.25) is 9.59 Å². The molecule has 10 aromatic rings. The van der Waals surface area contributed by atoms with Gasteiger partial charge in [0.25, 0.3) is 11.8 Å². The van der Waals surface area contributed by atoms with E-state index in [1.165, 1.54) is 15.7 Å². The van der Waals surface area contributed by atoms with Crippen molar-refractivity contribution in [1.29, 1.82) is 0 Å². The molecule has 0 atom stereocenters. The standard InChI is InChI=1S/C50H31N3O2/c54-49-41-21-13-25-47(48(41)50(55)52(49)37-29-34(32-14-3-1-4-15-32)28-35(30-37)33-16-5-2-6-17-33)53-45-24-12-9-20-40(45)42-31-36(26-27-46(42)53)51-43-22-10-7-18-38(43)39-19-8-11-23-44(39)51/h1-31H. The highest BCUT2D eigenvalue weighted by Crippen LogP contribution is 2.41. The smallest absolute Gasteiger partial charge is 0.268 e. The van der Waals surface area contributed by atoms with Gasteiger partial charge < -0.3 is 9.13 Å². The highest BCUT2D eigenvalue weighted by molar-refractivity contribution is 6.36. The summed E-state index contributed by atoms with van der Waals surface area (Å²) in [4.78, 5) is 30.6. The van der Waals surface area contributed by atoms with E-state index in [4.69, 9.17) is 0 Å². The van der Waals surface area contributed by atoms with E-state index in [1.807, 2.05) is 91.0 Å². The third-order valence-electron chi connectivity index (χ3n) is 11.0. The number of amides is 2. The summed E-state index contributed by atoms with van der Waals surface area (Å²) in [5.74, 6) is -0.673. The van der Waals surface area contributed by atoms with E-state index >= 15 is 0 Å². The highest BCUT2D eigenvalue weighted by atomic mass is 16.2. The van der Waals surface area contributed by atoms with Gasteiger partial charge in [0.15, 0.2) is 0 Å². The zero-order valence-corrected chi connectivity index (χ0v) is 29.6. The topological polar surface area (TPSA) is 47.2 Å². The molecule has 1 aliphatic heterocycles. The molecule has 2 amide bonds. The van der Waals surface area contributed by atoms with Gasteiger partial charge in [-0.15, -0.1) is 0 Å². The molecule has 258 valence electrons. The molecule has 5 heteroatoms. The Kier molecular flexibility index (Phi) is 6.79. The number of carbonyl (C=O) groups is 2. The first-order valence-corrected chi connectivity index (χ1v) is 18.4. The van der Waals surface area contributed by atoms with Crippen molar-refractivity contribution in [3.8, 4) is 33.6 Å². The molecule has 0 bridgehead atoms. The molecule has 0 unspecified atom stereocenters. The van der Waals surface area contributed by atoms with Gasteiger partial charge in [0.2, 0.25) is 0 Å². The lowest BCUT2D eigenvalue weighted by atomic mass is 9.97. The van der Waals surface area contributed by atoms with Gasteiger partial charge >= 0.3 is 0 Å². The number of aromatic nitrogens is 2. The number of imide groups is 1. The van der Waals surface area contributed by atoms with E-state index in [-0.39, 0.29) is 11.8 Å². The summed E-state index contributed by atoms with van der Waals surface area (Å²) in [5.41, 5.74) is 11.1. The Hall–Kier alpha value is -7.50. The van der Waals surface area contributed by atoms with E-state index in [2.05, 4.69) is 100 Å². The molecule has 0 aliphatic carbocycles. The fourth-order valence-corrected chi connectivity index (χ4v) is 8.58. The minimum absolute atomic E-state index is 0.333. The van der Waals surface area contributed by atoms with Crippen LogP contribution in [0.1, 0.15) is 20.7 Å². The van der Waals surface area contributed by atoms with Crippen LogP contribution in [0.15, 0.2) is 188 Å². The van der Waals surface area contributed by atoms with Gasteiger partial charge in [0.1, 0.15) is 0 Å². The maximum absolute atomic E-state index is 14.8. The van der Waals surface area contributed by atoms with Crippen LogP contribution in [0.4, 0.5) is 5.69 Å². The second-order valence-corrected chi connectivity index (χ2v) is 14.1. The first-order valence-electron chi connectivity index (χ1n) is 18.4. The molecule has 55 heavy (non-hydrogen) atoms. The van der Waals surface area contributed by atoms with E-state index in [0.717, 1.165) is 60.8 Å². The summed E-state index contributed by atoms with van der Waals surface area (Å²) in [6, 6.07) is 63.6. The Bertz CT molecular complexity index is 3080. The van der Waals surface area contributed by atoms with E-state index in [1.54, 1.807) is 6.07 Å². The van der Waals surface area contributed by atoms with Gasteiger partial charge in [-0.05, 0) is 89.0 Å². The molecule has 0 radical (unpaired) electrons. The van der Waals surface area contributed by atoms with Crippen molar-refractivity contribution in [1.82, 2.24) is 9.13 Å². The number of benzene rings is 8. The van der Waals surface area contributed by atoms with Gasteiger partial charge in [-0.1, -0.05) is 121 Å². The number of carbonyl (C=O) groups excluding carboxylic acids is 2. The Balaban J connectivity index is 1.09. The third kappa shape index (κ3) is 4.66. The minimum Gasteiger partial charge on any atom is -0.309 e. The van der Waals surface area contributed by atoms with Crippen molar-refractivity contribution in [2.75, 3.05) is 4.90 Å². The molecule has 0 spiro atoms. The van der Waals surface area contributed by atoms with Gasteiger partial charge in [-0.2, -0.15) is 0 Å². The van der Waals surface area contributed by atoms with Crippen molar-refractivity contribution in [3.63, 3.8) is 0 Å².